The van der Waals surface area contributed by atoms with Crippen molar-refractivity contribution in [2.75, 3.05) is 6.54 Å². The van der Waals surface area contributed by atoms with Crippen molar-refractivity contribution in [3.8, 4) is 0 Å². The smallest absolute Gasteiger partial charge is 0.254 e. The number of hydrogen-bond donors (Lipinski definition) is 2. The lowest BCUT2D eigenvalue weighted by Crippen LogP contribution is -2.27. The molecule has 3 aromatic rings. The van der Waals surface area contributed by atoms with Gasteiger partial charge in [-0.2, -0.15) is 0 Å². The molecule has 2 aromatic carbocycles. The third-order valence-corrected chi connectivity index (χ3v) is 4.54. The molecule has 0 saturated heterocycles. The van der Waals surface area contributed by atoms with Gasteiger partial charge in [0, 0.05) is 17.6 Å². The van der Waals surface area contributed by atoms with E-state index in [1.807, 2.05) is 27.7 Å². The molecule has 0 spiro atoms. The second-order valence-electron chi connectivity index (χ2n) is 6.28. The summed E-state index contributed by atoms with van der Waals surface area (Å²) in [5, 5.41) is 3.61. The lowest BCUT2D eigenvalue weighted by molar-refractivity contribution is 0.0949. The largest absolute Gasteiger partial charge is 0.356 e. The third-order valence-electron chi connectivity index (χ3n) is 4.54. The molecular formula is C22H26F2N2O. The highest BCUT2D eigenvalue weighted by Crippen LogP contribution is 2.27. The number of halogens is 2. The molecule has 0 aliphatic heterocycles. The number of benzene rings is 2. The first-order valence-corrected chi connectivity index (χ1v) is 9.19. The predicted octanol–water partition coefficient (Wildman–Crippen LogP) is 5.37. The molecule has 0 bridgehead atoms. The molecule has 0 fully saturated rings. The molecule has 3 nitrogen and oxygen atoms in total. The molecule has 0 atom stereocenters. The molecule has 3 rings (SSSR count). The molecule has 1 amide bonds. The van der Waals surface area contributed by atoms with Gasteiger partial charge in [-0.3, -0.25) is 4.79 Å². The van der Waals surface area contributed by atoms with Gasteiger partial charge in [0.2, 0.25) is 0 Å². The molecule has 1 aromatic heterocycles. The third kappa shape index (κ3) is 4.18. The second kappa shape index (κ2) is 8.80. The second-order valence-corrected chi connectivity index (χ2v) is 6.28. The Balaban J connectivity index is 0.00000126. The SMILES string of the molecule is CC.Cc1cccc(F)c1C(=O)NCCc1c(C)[nH]c2c(F)ccc(C)c12. The van der Waals surface area contributed by atoms with Crippen LogP contribution in [0.25, 0.3) is 10.9 Å². The Hall–Kier alpha value is -2.69. The average Bonchev–Trinajstić information content (AvgIpc) is 2.98. The van der Waals surface area contributed by atoms with E-state index in [1.165, 1.54) is 12.1 Å². The van der Waals surface area contributed by atoms with Crippen molar-refractivity contribution in [1.29, 1.82) is 0 Å². The molecule has 0 aliphatic carbocycles. The van der Waals surface area contributed by atoms with E-state index in [0.717, 1.165) is 22.2 Å². The van der Waals surface area contributed by atoms with Crippen LogP contribution in [0.15, 0.2) is 30.3 Å². The van der Waals surface area contributed by atoms with E-state index in [2.05, 4.69) is 10.3 Å². The minimum Gasteiger partial charge on any atom is -0.356 e. The molecule has 0 aliphatic rings. The molecule has 0 unspecified atom stereocenters. The maximum absolute atomic E-state index is 14.0. The summed E-state index contributed by atoms with van der Waals surface area (Å²) in [6.07, 6.45) is 0.537. The quantitative estimate of drug-likeness (QED) is 0.635. The van der Waals surface area contributed by atoms with Crippen LogP contribution in [-0.2, 0) is 6.42 Å². The van der Waals surface area contributed by atoms with E-state index in [0.29, 0.717) is 24.0 Å². The average molecular weight is 372 g/mol. The molecule has 0 saturated carbocycles. The summed E-state index contributed by atoms with van der Waals surface area (Å²) < 4.78 is 27.8. The molecule has 144 valence electrons. The van der Waals surface area contributed by atoms with Crippen LogP contribution in [0.5, 0.6) is 0 Å². The summed E-state index contributed by atoms with van der Waals surface area (Å²) >= 11 is 0. The lowest BCUT2D eigenvalue weighted by Gasteiger charge is -2.09. The van der Waals surface area contributed by atoms with Gasteiger partial charge >= 0.3 is 0 Å². The Morgan fingerprint density at radius 1 is 1.00 bits per heavy atom. The number of rotatable bonds is 4. The van der Waals surface area contributed by atoms with Gasteiger partial charge in [0.15, 0.2) is 0 Å². The Kier molecular flexibility index (Phi) is 6.72. The van der Waals surface area contributed by atoms with Gasteiger partial charge in [0.25, 0.3) is 5.91 Å². The van der Waals surface area contributed by atoms with Gasteiger partial charge in [-0.1, -0.05) is 32.0 Å². The first-order chi connectivity index (χ1) is 12.9. The number of aromatic nitrogens is 1. The summed E-state index contributed by atoms with van der Waals surface area (Å²) in [6, 6.07) is 7.75. The number of carbonyl (C=O) groups excluding carboxylic acids is 1. The van der Waals surface area contributed by atoms with Gasteiger partial charge < -0.3 is 10.3 Å². The topological polar surface area (TPSA) is 44.9 Å². The van der Waals surface area contributed by atoms with Crippen LogP contribution in [0.4, 0.5) is 8.78 Å². The van der Waals surface area contributed by atoms with Crippen molar-refractivity contribution in [3.05, 3.63) is 69.9 Å². The van der Waals surface area contributed by atoms with Crippen LogP contribution in [0.1, 0.15) is 46.6 Å². The van der Waals surface area contributed by atoms with Crippen molar-refractivity contribution in [1.82, 2.24) is 10.3 Å². The van der Waals surface area contributed by atoms with Gasteiger partial charge in [0.1, 0.15) is 11.6 Å². The number of aromatic amines is 1. The monoisotopic (exact) mass is 372 g/mol. The summed E-state index contributed by atoms with van der Waals surface area (Å²) in [4.78, 5) is 15.3. The predicted molar refractivity (Wildman–Crippen MR) is 106 cm³/mol. The van der Waals surface area contributed by atoms with E-state index in [-0.39, 0.29) is 11.4 Å². The summed E-state index contributed by atoms with van der Waals surface area (Å²) in [7, 11) is 0. The Morgan fingerprint density at radius 3 is 2.37 bits per heavy atom. The highest BCUT2D eigenvalue weighted by atomic mass is 19.1. The minimum absolute atomic E-state index is 0.0698. The van der Waals surface area contributed by atoms with Crippen LogP contribution >= 0.6 is 0 Å². The zero-order chi connectivity index (χ0) is 20.1. The van der Waals surface area contributed by atoms with E-state index in [1.54, 1.807) is 25.1 Å². The number of carbonyl (C=O) groups is 1. The Labute approximate surface area is 158 Å². The van der Waals surface area contributed by atoms with Crippen LogP contribution in [-0.4, -0.2) is 17.4 Å². The highest BCUT2D eigenvalue weighted by Gasteiger charge is 2.16. The lowest BCUT2D eigenvalue weighted by atomic mass is 10.0. The van der Waals surface area contributed by atoms with Crippen molar-refractivity contribution in [3.63, 3.8) is 0 Å². The molecule has 1 heterocycles. The first-order valence-electron chi connectivity index (χ1n) is 9.19. The van der Waals surface area contributed by atoms with Gasteiger partial charge in [-0.05, 0) is 56.0 Å². The normalized spacial score (nSPS) is 10.5. The van der Waals surface area contributed by atoms with Crippen molar-refractivity contribution in [2.24, 2.45) is 0 Å². The maximum Gasteiger partial charge on any atom is 0.254 e. The zero-order valence-electron chi connectivity index (χ0n) is 16.5. The van der Waals surface area contributed by atoms with Crippen LogP contribution in [0, 0.1) is 32.4 Å². The number of hydrogen-bond acceptors (Lipinski definition) is 1. The van der Waals surface area contributed by atoms with E-state index in [4.69, 9.17) is 0 Å². The molecule has 2 N–H and O–H groups in total. The van der Waals surface area contributed by atoms with Crippen LogP contribution in [0.2, 0.25) is 0 Å². The molecule has 5 heteroatoms. The van der Waals surface area contributed by atoms with Crippen molar-refractivity contribution in [2.45, 2.75) is 41.0 Å². The van der Waals surface area contributed by atoms with Crippen molar-refractivity contribution < 1.29 is 13.6 Å². The number of amides is 1. The number of fused-ring (bicyclic) bond motifs is 1. The fourth-order valence-electron chi connectivity index (χ4n) is 3.26. The maximum atomic E-state index is 14.0. The molecular weight excluding hydrogens is 346 g/mol. The standard InChI is InChI=1S/C20H20F2N2O.C2H6/c1-11-5-4-6-15(21)18(11)20(25)23-10-9-14-13(3)24-19-16(22)8-7-12(2)17(14)19;1-2/h4-8,24H,9-10H2,1-3H3,(H,23,25);1-2H3. The minimum atomic E-state index is -0.529. The number of nitrogens with one attached hydrogen (secondary N) is 2. The van der Waals surface area contributed by atoms with E-state index >= 15 is 0 Å². The first kappa shape index (κ1) is 20.6. The molecule has 27 heavy (non-hydrogen) atoms. The van der Waals surface area contributed by atoms with Crippen molar-refractivity contribution >= 4 is 16.8 Å². The summed E-state index contributed by atoms with van der Waals surface area (Å²) in [6.45, 7) is 9.86. The fourth-order valence-corrected chi connectivity index (χ4v) is 3.26. The Morgan fingerprint density at radius 2 is 1.70 bits per heavy atom. The van der Waals surface area contributed by atoms with Crippen LogP contribution in [0.3, 0.4) is 0 Å². The van der Waals surface area contributed by atoms with Crippen LogP contribution < -0.4 is 5.32 Å². The van der Waals surface area contributed by atoms with E-state index in [9.17, 15) is 13.6 Å². The van der Waals surface area contributed by atoms with Gasteiger partial charge in [0.05, 0.1) is 11.1 Å². The Bertz CT molecular complexity index is 940. The van der Waals surface area contributed by atoms with Gasteiger partial charge in [-0.15, -0.1) is 0 Å². The number of H-pyrrole nitrogens is 1. The molecule has 0 radical (unpaired) electrons. The highest BCUT2D eigenvalue weighted by molar-refractivity contribution is 5.96. The zero-order valence-corrected chi connectivity index (χ0v) is 16.5. The van der Waals surface area contributed by atoms with E-state index < -0.39 is 11.7 Å². The number of aryl methyl sites for hydroxylation is 3. The summed E-state index contributed by atoms with van der Waals surface area (Å²) in [5.74, 6) is -1.25. The van der Waals surface area contributed by atoms with Gasteiger partial charge in [-0.25, -0.2) is 8.78 Å². The summed E-state index contributed by atoms with van der Waals surface area (Å²) in [5.41, 5.74) is 3.98. The fraction of sp³-hybridized carbons (Fsp3) is 0.318.